The molecule has 0 unspecified atom stereocenters. The number of halogens is 1. The number of nitrogens with one attached hydrogen (secondary N) is 1. The Labute approximate surface area is 189 Å². The maximum absolute atomic E-state index is 13.4. The molecule has 7 nitrogen and oxygen atoms in total. The normalized spacial score (nSPS) is 12.2. The monoisotopic (exact) mass is 465 g/mol. The highest BCUT2D eigenvalue weighted by Crippen LogP contribution is 2.27. The topological polar surface area (TPSA) is 86.8 Å². The SMILES string of the molecule is CC[C@H](C(=O)NC)N(Cc1ccccc1C)C(=O)CN(c1ccccc1Cl)S(C)(=O)=O. The van der Waals surface area contributed by atoms with Gasteiger partial charge in [-0.25, -0.2) is 8.42 Å². The van der Waals surface area contributed by atoms with Crippen LogP contribution in [0.2, 0.25) is 5.02 Å². The van der Waals surface area contributed by atoms with Crippen molar-refractivity contribution in [2.45, 2.75) is 32.9 Å². The largest absolute Gasteiger partial charge is 0.357 e. The molecule has 0 heterocycles. The molecule has 0 saturated carbocycles. The zero-order chi connectivity index (χ0) is 23.2. The van der Waals surface area contributed by atoms with Crippen molar-refractivity contribution in [1.29, 1.82) is 0 Å². The van der Waals surface area contributed by atoms with Crippen LogP contribution in [0.5, 0.6) is 0 Å². The molecule has 168 valence electrons. The van der Waals surface area contributed by atoms with Gasteiger partial charge in [-0.2, -0.15) is 0 Å². The molecule has 1 atom stereocenters. The van der Waals surface area contributed by atoms with E-state index in [1.54, 1.807) is 31.2 Å². The molecule has 2 aromatic carbocycles. The second-order valence-electron chi connectivity index (χ2n) is 7.21. The summed E-state index contributed by atoms with van der Waals surface area (Å²) in [5.74, 6) is -0.808. The molecule has 2 aromatic rings. The van der Waals surface area contributed by atoms with Crippen LogP contribution in [0.25, 0.3) is 0 Å². The van der Waals surface area contributed by atoms with E-state index in [4.69, 9.17) is 11.6 Å². The zero-order valence-corrected chi connectivity index (χ0v) is 19.7. The smallest absolute Gasteiger partial charge is 0.244 e. The summed E-state index contributed by atoms with van der Waals surface area (Å²) in [5, 5.41) is 2.80. The highest BCUT2D eigenvalue weighted by atomic mass is 35.5. The maximum atomic E-state index is 13.4. The summed E-state index contributed by atoms with van der Waals surface area (Å²) in [4.78, 5) is 27.4. The van der Waals surface area contributed by atoms with Gasteiger partial charge >= 0.3 is 0 Å². The van der Waals surface area contributed by atoms with Gasteiger partial charge in [-0.1, -0.05) is 54.9 Å². The van der Waals surface area contributed by atoms with Crippen LogP contribution in [-0.4, -0.2) is 51.0 Å². The number of aryl methyl sites for hydroxylation is 1. The third kappa shape index (κ3) is 6.21. The molecule has 31 heavy (non-hydrogen) atoms. The van der Waals surface area contributed by atoms with E-state index >= 15 is 0 Å². The molecular weight excluding hydrogens is 438 g/mol. The third-order valence-corrected chi connectivity index (χ3v) is 6.48. The molecule has 9 heteroatoms. The van der Waals surface area contributed by atoms with Crippen molar-refractivity contribution >= 4 is 39.1 Å². The van der Waals surface area contributed by atoms with Gasteiger partial charge < -0.3 is 10.2 Å². The summed E-state index contributed by atoms with van der Waals surface area (Å²) < 4.78 is 26.0. The van der Waals surface area contributed by atoms with Gasteiger partial charge in [0.2, 0.25) is 21.8 Å². The van der Waals surface area contributed by atoms with Gasteiger partial charge in [0, 0.05) is 13.6 Å². The number of carbonyl (C=O) groups is 2. The fraction of sp³-hybridized carbons (Fsp3) is 0.364. The Bertz CT molecular complexity index is 1040. The third-order valence-electron chi connectivity index (χ3n) is 5.03. The number of rotatable bonds is 9. The van der Waals surface area contributed by atoms with Crippen molar-refractivity contribution in [2.24, 2.45) is 0 Å². The van der Waals surface area contributed by atoms with E-state index in [0.29, 0.717) is 6.42 Å². The molecule has 1 N–H and O–H groups in total. The Morgan fingerprint density at radius 2 is 1.71 bits per heavy atom. The summed E-state index contributed by atoms with van der Waals surface area (Å²) in [7, 11) is -2.30. The molecule has 0 aromatic heterocycles. The van der Waals surface area contributed by atoms with E-state index in [2.05, 4.69) is 5.32 Å². The number of nitrogens with zero attached hydrogens (tertiary/aromatic N) is 2. The molecule has 0 aliphatic carbocycles. The lowest BCUT2D eigenvalue weighted by atomic mass is 10.1. The Morgan fingerprint density at radius 3 is 2.26 bits per heavy atom. The molecule has 0 fully saturated rings. The van der Waals surface area contributed by atoms with E-state index in [-0.39, 0.29) is 23.2 Å². The van der Waals surface area contributed by atoms with Crippen molar-refractivity contribution in [3.63, 3.8) is 0 Å². The number of amides is 2. The van der Waals surface area contributed by atoms with Crippen molar-refractivity contribution in [3.05, 3.63) is 64.7 Å². The first-order chi connectivity index (χ1) is 14.6. The van der Waals surface area contributed by atoms with Gasteiger partial charge in [0.15, 0.2) is 0 Å². The summed E-state index contributed by atoms with van der Waals surface area (Å²) >= 11 is 6.21. The van der Waals surface area contributed by atoms with Gasteiger partial charge in [-0.15, -0.1) is 0 Å². The van der Waals surface area contributed by atoms with Gasteiger partial charge in [0.05, 0.1) is 17.0 Å². The van der Waals surface area contributed by atoms with E-state index in [0.717, 1.165) is 21.7 Å². The molecule has 0 spiro atoms. The molecule has 0 bridgehead atoms. The number of hydrogen-bond acceptors (Lipinski definition) is 4. The number of para-hydroxylation sites is 1. The lowest BCUT2D eigenvalue weighted by molar-refractivity contribution is -0.140. The van der Waals surface area contributed by atoms with Crippen LogP contribution >= 0.6 is 11.6 Å². The first-order valence-corrected chi connectivity index (χ1v) is 12.1. The van der Waals surface area contributed by atoms with E-state index in [1.807, 2.05) is 31.2 Å². The van der Waals surface area contributed by atoms with Crippen molar-refractivity contribution < 1.29 is 18.0 Å². The highest BCUT2D eigenvalue weighted by molar-refractivity contribution is 7.92. The van der Waals surface area contributed by atoms with Gasteiger partial charge in [0.25, 0.3) is 0 Å². The fourth-order valence-corrected chi connectivity index (χ4v) is 4.46. The molecule has 0 saturated heterocycles. The Balaban J connectivity index is 2.46. The Kier molecular flexibility index (Phi) is 8.47. The zero-order valence-electron chi connectivity index (χ0n) is 18.1. The Hall–Kier alpha value is -2.58. The van der Waals surface area contributed by atoms with E-state index < -0.39 is 28.5 Å². The van der Waals surface area contributed by atoms with Gasteiger partial charge in [0.1, 0.15) is 12.6 Å². The quantitative estimate of drug-likeness (QED) is 0.616. The summed E-state index contributed by atoms with van der Waals surface area (Å²) in [6.45, 7) is 3.44. The number of carbonyl (C=O) groups excluding carboxylic acids is 2. The van der Waals surface area contributed by atoms with E-state index in [1.165, 1.54) is 11.9 Å². The lowest BCUT2D eigenvalue weighted by Crippen LogP contribution is -2.51. The molecule has 2 amide bonds. The first-order valence-electron chi connectivity index (χ1n) is 9.88. The van der Waals surface area contributed by atoms with Crippen molar-refractivity contribution in [1.82, 2.24) is 10.2 Å². The first kappa shape index (κ1) is 24.7. The van der Waals surface area contributed by atoms with Crippen LogP contribution in [0.3, 0.4) is 0 Å². The number of hydrogen-bond donors (Lipinski definition) is 1. The Morgan fingerprint density at radius 1 is 1.10 bits per heavy atom. The number of sulfonamides is 1. The highest BCUT2D eigenvalue weighted by Gasteiger charge is 2.32. The molecule has 2 rings (SSSR count). The average molecular weight is 466 g/mol. The lowest BCUT2D eigenvalue weighted by Gasteiger charge is -2.33. The van der Waals surface area contributed by atoms with Crippen LogP contribution in [0.1, 0.15) is 24.5 Å². The maximum Gasteiger partial charge on any atom is 0.244 e. The second kappa shape index (κ2) is 10.6. The predicted octanol–water partition coefficient (Wildman–Crippen LogP) is 2.97. The summed E-state index contributed by atoms with van der Waals surface area (Å²) in [6.07, 6.45) is 1.40. The number of likely N-dealkylation sites (N-methyl/N-ethyl adjacent to an activating group) is 1. The second-order valence-corrected chi connectivity index (χ2v) is 9.52. The van der Waals surface area contributed by atoms with Crippen LogP contribution in [0.4, 0.5) is 5.69 Å². The molecule has 0 radical (unpaired) electrons. The fourth-order valence-electron chi connectivity index (χ4n) is 3.31. The van der Waals surface area contributed by atoms with Crippen LogP contribution in [0, 0.1) is 6.92 Å². The molecular formula is C22H28ClN3O4S. The molecule has 0 aliphatic rings. The van der Waals surface area contributed by atoms with Gasteiger partial charge in [-0.05, 0) is 36.6 Å². The van der Waals surface area contributed by atoms with Crippen LogP contribution in [0.15, 0.2) is 48.5 Å². The summed E-state index contributed by atoms with van der Waals surface area (Å²) in [5.41, 5.74) is 2.06. The van der Waals surface area contributed by atoms with Crippen molar-refractivity contribution in [2.75, 3.05) is 24.2 Å². The summed E-state index contributed by atoms with van der Waals surface area (Å²) in [6, 6.07) is 13.2. The van der Waals surface area contributed by atoms with Crippen LogP contribution < -0.4 is 9.62 Å². The predicted molar refractivity (Wildman–Crippen MR) is 124 cm³/mol. The van der Waals surface area contributed by atoms with Gasteiger partial charge in [-0.3, -0.25) is 13.9 Å². The van der Waals surface area contributed by atoms with Crippen molar-refractivity contribution in [3.8, 4) is 0 Å². The minimum absolute atomic E-state index is 0.178. The average Bonchev–Trinajstić information content (AvgIpc) is 2.72. The van der Waals surface area contributed by atoms with Crippen LogP contribution in [-0.2, 0) is 26.2 Å². The molecule has 0 aliphatic heterocycles. The minimum atomic E-state index is -3.81. The number of anilines is 1. The van der Waals surface area contributed by atoms with E-state index in [9.17, 15) is 18.0 Å². The number of benzene rings is 2. The standard InChI is InChI=1S/C22H28ClN3O4S/c1-5-19(22(28)24-3)25(14-17-11-7-6-10-16(17)2)21(27)15-26(31(4,29)30)20-13-9-8-12-18(20)23/h6-13,19H,5,14-15H2,1-4H3,(H,24,28)/t19-/m1/s1. The minimum Gasteiger partial charge on any atom is -0.357 e.